The third-order valence-corrected chi connectivity index (χ3v) is 5.12. The van der Waals surface area contributed by atoms with Crippen LogP contribution in [0.25, 0.3) is 16.9 Å². The van der Waals surface area contributed by atoms with Crippen LogP contribution in [0.3, 0.4) is 0 Å². The number of anilines is 1. The van der Waals surface area contributed by atoms with Gasteiger partial charge in [-0.1, -0.05) is 18.2 Å². The van der Waals surface area contributed by atoms with Gasteiger partial charge in [0.1, 0.15) is 0 Å². The normalized spacial score (nSPS) is 11.5. The first kappa shape index (κ1) is 17.7. The second-order valence-electron chi connectivity index (χ2n) is 5.95. The molecule has 0 unspecified atom stereocenters. The number of carbonyl (C=O) groups is 1. The number of aromatic nitrogens is 5. The van der Waals surface area contributed by atoms with Gasteiger partial charge in [-0.15, -0.1) is 0 Å². The molecule has 3 heterocycles. The average Bonchev–Trinajstić information content (AvgIpc) is 3.11. The molecule has 1 N–H and O–H groups in total. The number of hydrogen-bond acceptors (Lipinski definition) is 7. The molecule has 0 saturated carbocycles. The monoisotopic (exact) mass is 394 g/mol. The van der Waals surface area contributed by atoms with Crippen LogP contribution >= 0.6 is 0 Å². The second kappa shape index (κ2) is 6.82. The first-order valence-electron chi connectivity index (χ1n) is 8.15. The van der Waals surface area contributed by atoms with Gasteiger partial charge in [-0.05, 0) is 18.2 Å². The Kier molecular flexibility index (Phi) is 4.32. The Morgan fingerprint density at radius 3 is 2.61 bits per heavy atom. The van der Waals surface area contributed by atoms with E-state index in [2.05, 4.69) is 25.4 Å². The summed E-state index contributed by atoms with van der Waals surface area (Å²) in [5, 5.41) is 7.06. The summed E-state index contributed by atoms with van der Waals surface area (Å²) in [7, 11) is -3.45. The summed E-state index contributed by atoms with van der Waals surface area (Å²) in [6.45, 7) is 0. The lowest BCUT2D eigenvalue weighted by molar-refractivity contribution is 0.102. The van der Waals surface area contributed by atoms with E-state index >= 15 is 0 Å². The molecule has 10 heteroatoms. The molecule has 9 nitrogen and oxygen atoms in total. The second-order valence-corrected chi connectivity index (χ2v) is 7.93. The molecule has 1 amide bonds. The van der Waals surface area contributed by atoms with Gasteiger partial charge in [0.25, 0.3) is 5.91 Å². The predicted molar refractivity (Wildman–Crippen MR) is 102 cm³/mol. The Balaban J connectivity index is 1.79. The van der Waals surface area contributed by atoms with Crippen LogP contribution in [0, 0.1) is 0 Å². The number of fused-ring (bicyclic) bond motifs is 1. The Bertz CT molecular complexity index is 1290. The van der Waals surface area contributed by atoms with Crippen molar-refractivity contribution in [1.29, 1.82) is 0 Å². The highest BCUT2D eigenvalue weighted by Crippen LogP contribution is 2.26. The summed E-state index contributed by atoms with van der Waals surface area (Å²) >= 11 is 0. The summed E-state index contributed by atoms with van der Waals surface area (Å²) in [6.07, 6.45) is 6.91. The number of rotatable bonds is 4. The number of nitrogens with one attached hydrogen (secondary N) is 1. The van der Waals surface area contributed by atoms with Crippen molar-refractivity contribution in [2.45, 2.75) is 4.90 Å². The van der Waals surface area contributed by atoms with Crippen LogP contribution in [0.4, 0.5) is 5.82 Å². The maximum absolute atomic E-state index is 12.6. The third kappa shape index (κ3) is 3.32. The maximum atomic E-state index is 12.6. The van der Waals surface area contributed by atoms with Crippen LogP contribution in [-0.4, -0.2) is 45.1 Å². The molecule has 0 aliphatic rings. The molecule has 0 atom stereocenters. The van der Waals surface area contributed by atoms with Crippen LogP contribution in [0.2, 0.25) is 0 Å². The molecule has 0 spiro atoms. The van der Waals surface area contributed by atoms with Crippen LogP contribution in [0.5, 0.6) is 0 Å². The van der Waals surface area contributed by atoms with Crippen molar-refractivity contribution in [2.24, 2.45) is 0 Å². The number of sulfone groups is 1. The highest BCUT2D eigenvalue weighted by molar-refractivity contribution is 7.90. The van der Waals surface area contributed by atoms with Crippen LogP contribution in [0.1, 0.15) is 10.5 Å². The Hall–Kier alpha value is -3.66. The molecule has 0 radical (unpaired) electrons. The smallest absolute Gasteiger partial charge is 0.277 e. The maximum Gasteiger partial charge on any atom is 0.277 e. The number of hydrogen-bond donors (Lipinski definition) is 1. The highest BCUT2D eigenvalue weighted by Gasteiger charge is 2.18. The number of nitrogens with zero attached hydrogens (tertiary/aromatic N) is 5. The zero-order chi connectivity index (χ0) is 19.7. The van der Waals surface area contributed by atoms with Gasteiger partial charge in [-0.25, -0.2) is 22.9 Å². The van der Waals surface area contributed by atoms with Gasteiger partial charge in [0.15, 0.2) is 27.0 Å². The Labute approximate surface area is 160 Å². The summed E-state index contributed by atoms with van der Waals surface area (Å²) in [5.41, 5.74) is 1.48. The minimum Gasteiger partial charge on any atom is -0.304 e. The number of benzene rings is 1. The van der Waals surface area contributed by atoms with E-state index in [-0.39, 0.29) is 10.6 Å². The quantitative estimate of drug-likeness (QED) is 0.561. The van der Waals surface area contributed by atoms with Crippen molar-refractivity contribution in [3.63, 3.8) is 0 Å². The lowest BCUT2D eigenvalue weighted by Gasteiger charge is -2.08. The van der Waals surface area contributed by atoms with Crippen LogP contribution in [0.15, 0.2) is 66.1 Å². The molecular weight excluding hydrogens is 380 g/mol. The number of amides is 1. The van der Waals surface area contributed by atoms with E-state index in [9.17, 15) is 13.2 Å². The average molecular weight is 394 g/mol. The molecule has 3 aromatic heterocycles. The lowest BCUT2D eigenvalue weighted by atomic mass is 10.1. The zero-order valence-corrected chi connectivity index (χ0v) is 15.5. The number of carbonyl (C=O) groups excluding carboxylic acids is 1. The van der Waals surface area contributed by atoms with Crippen molar-refractivity contribution in [3.05, 3.63) is 66.9 Å². The fourth-order valence-electron chi connectivity index (χ4n) is 2.72. The van der Waals surface area contributed by atoms with Crippen molar-refractivity contribution < 1.29 is 13.2 Å². The first-order chi connectivity index (χ1) is 13.4. The molecule has 28 heavy (non-hydrogen) atoms. The van der Waals surface area contributed by atoms with Gasteiger partial charge in [0.2, 0.25) is 0 Å². The van der Waals surface area contributed by atoms with Gasteiger partial charge in [0.05, 0.1) is 23.0 Å². The van der Waals surface area contributed by atoms with Crippen LogP contribution in [-0.2, 0) is 9.84 Å². The minimum absolute atomic E-state index is 0.160. The van der Waals surface area contributed by atoms with E-state index in [0.29, 0.717) is 22.7 Å². The molecule has 1 aromatic carbocycles. The highest BCUT2D eigenvalue weighted by atomic mass is 32.2. The lowest BCUT2D eigenvalue weighted by Crippen LogP contribution is -2.16. The van der Waals surface area contributed by atoms with Crippen molar-refractivity contribution >= 4 is 27.2 Å². The molecule has 140 valence electrons. The summed E-state index contributed by atoms with van der Waals surface area (Å²) in [6, 6.07) is 9.89. The summed E-state index contributed by atoms with van der Waals surface area (Å²) < 4.78 is 25.6. The molecule has 0 aliphatic carbocycles. The SMILES string of the molecule is CS(=O)(=O)c1ccccc1-c1ccc2ncc(C(=O)Nc3cnccn3)n2n1. The van der Waals surface area contributed by atoms with E-state index in [1.165, 1.54) is 35.4 Å². The minimum atomic E-state index is -3.45. The van der Waals surface area contributed by atoms with Gasteiger partial charge in [0, 0.05) is 24.2 Å². The van der Waals surface area contributed by atoms with Crippen LogP contribution < -0.4 is 5.32 Å². The van der Waals surface area contributed by atoms with Gasteiger partial charge in [-0.3, -0.25) is 9.78 Å². The van der Waals surface area contributed by atoms with Gasteiger partial charge < -0.3 is 5.32 Å². The Morgan fingerprint density at radius 2 is 1.86 bits per heavy atom. The van der Waals surface area contributed by atoms with E-state index in [0.717, 1.165) is 6.26 Å². The fraction of sp³-hybridized carbons (Fsp3) is 0.0556. The van der Waals surface area contributed by atoms with E-state index in [1.54, 1.807) is 30.3 Å². The molecule has 0 saturated heterocycles. The molecule has 4 aromatic rings. The number of imidazole rings is 1. The predicted octanol–water partition coefficient (Wildman–Crippen LogP) is 1.84. The topological polar surface area (TPSA) is 119 Å². The molecular formula is C18H14N6O3S. The van der Waals surface area contributed by atoms with Gasteiger partial charge >= 0.3 is 0 Å². The molecule has 0 aliphatic heterocycles. The van der Waals surface area contributed by atoms with E-state index in [1.807, 2.05) is 0 Å². The standard InChI is InChI=1S/C18H14N6O3S/c1-28(26,27)15-5-3-2-4-12(15)13-6-7-17-21-10-14(24(17)23-13)18(25)22-16-11-19-8-9-20-16/h2-11H,1H3,(H,20,22,25). The summed E-state index contributed by atoms with van der Waals surface area (Å²) in [4.78, 5) is 24.8. The summed E-state index contributed by atoms with van der Waals surface area (Å²) in [5.74, 6) is -0.171. The molecule has 0 bridgehead atoms. The largest absolute Gasteiger partial charge is 0.304 e. The Morgan fingerprint density at radius 1 is 1.04 bits per heavy atom. The first-order valence-corrected chi connectivity index (χ1v) is 10.0. The fourth-order valence-corrected chi connectivity index (χ4v) is 3.62. The molecule has 4 rings (SSSR count). The van der Waals surface area contributed by atoms with Crippen molar-refractivity contribution in [2.75, 3.05) is 11.6 Å². The molecule has 0 fully saturated rings. The van der Waals surface area contributed by atoms with E-state index in [4.69, 9.17) is 0 Å². The van der Waals surface area contributed by atoms with Crippen molar-refractivity contribution in [1.82, 2.24) is 24.6 Å². The van der Waals surface area contributed by atoms with E-state index < -0.39 is 15.7 Å². The van der Waals surface area contributed by atoms with Crippen molar-refractivity contribution in [3.8, 4) is 11.3 Å². The third-order valence-electron chi connectivity index (χ3n) is 3.96. The zero-order valence-electron chi connectivity index (χ0n) is 14.6. The van der Waals surface area contributed by atoms with Gasteiger partial charge in [-0.2, -0.15) is 5.10 Å².